The topological polar surface area (TPSA) is 93.1 Å². The van der Waals surface area contributed by atoms with Gasteiger partial charge in [0.05, 0.1) is 17.7 Å². The monoisotopic (exact) mass is 443 g/mol. The zero-order chi connectivity index (χ0) is 21.8. The summed E-state index contributed by atoms with van der Waals surface area (Å²) in [5, 5.41) is 8.75. The van der Waals surface area contributed by atoms with E-state index in [0.29, 0.717) is 31.8 Å². The fourth-order valence-corrected chi connectivity index (χ4v) is 4.04. The molecule has 0 unspecified atom stereocenters. The molecule has 9 heteroatoms. The second kappa shape index (κ2) is 9.10. The number of hydrogen-bond donors (Lipinski definition) is 1. The second-order valence-corrected chi connectivity index (χ2v) is 7.89. The minimum Gasteiger partial charge on any atom is -0.493 e. The molecule has 3 rings (SSSR count). The van der Waals surface area contributed by atoms with E-state index in [4.69, 9.17) is 26.8 Å². The van der Waals surface area contributed by atoms with Crippen molar-refractivity contribution in [3.05, 3.63) is 58.5 Å². The highest BCUT2D eigenvalue weighted by Crippen LogP contribution is 2.37. The van der Waals surface area contributed by atoms with Crippen LogP contribution in [-0.4, -0.2) is 40.8 Å². The molecular weight excluding hydrogens is 426 g/mol. The van der Waals surface area contributed by atoms with Gasteiger partial charge in [-0.1, -0.05) is 42.2 Å². The van der Waals surface area contributed by atoms with Gasteiger partial charge in [0.15, 0.2) is 28.2 Å². The molecule has 0 aromatic heterocycles. The number of amides is 1. The number of carboxylic acids is 1. The number of thioether (sulfide) groups is 1. The number of thiocarbonyl (C=S) groups is 1. The summed E-state index contributed by atoms with van der Waals surface area (Å²) in [6, 6.07) is 11.6. The van der Waals surface area contributed by atoms with Gasteiger partial charge in [-0.25, -0.2) is 4.79 Å². The molecule has 0 bridgehead atoms. The second-order valence-electron chi connectivity index (χ2n) is 6.22. The van der Waals surface area contributed by atoms with E-state index in [-0.39, 0.29) is 17.4 Å². The number of methoxy groups -OCH3 is 1. The van der Waals surface area contributed by atoms with Gasteiger partial charge in [-0.3, -0.25) is 14.5 Å². The zero-order valence-corrected chi connectivity index (χ0v) is 17.7. The predicted molar refractivity (Wildman–Crippen MR) is 118 cm³/mol. The van der Waals surface area contributed by atoms with Gasteiger partial charge in [0, 0.05) is 5.56 Å². The third kappa shape index (κ3) is 4.69. The molecule has 1 heterocycles. The summed E-state index contributed by atoms with van der Waals surface area (Å²) in [5.41, 5.74) is 1.68. The Hall–Kier alpha value is -3.17. The summed E-state index contributed by atoms with van der Waals surface area (Å²) in [4.78, 5) is 37.1. The van der Waals surface area contributed by atoms with Gasteiger partial charge < -0.3 is 14.6 Å². The van der Waals surface area contributed by atoms with Gasteiger partial charge in [-0.2, -0.15) is 0 Å². The molecular formula is C21H17NO6S2. The Bertz CT molecular complexity index is 1080. The third-order valence-electron chi connectivity index (χ3n) is 4.14. The van der Waals surface area contributed by atoms with Crippen LogP contribution in [0.2, 0.25) is 0 Å². The first-order valence-electron chi connectivity index (χ1n) is 8.71. The number of rotatable bonds is 7. The molecule has 1 N–H and O–H groups in total. The number of anilines is 1. The maximum absolute atomic E-state index is 12.9. The Balaban J connectivity index is 1.87. The van der Waals surface area contributed by atoms with Crippen LogP contribution in [0.15, 0.2) is 47.4 Å². The SMILES string of the molecule is COc1cc(/C=C2/SC(=S)N(c3cccc(C(C)=O)c3)C2=O)ccc1OCC(=O)O. The van der Waals surface area contributed by atoms with Crippen LogP contribution in [0.25, 0.3) is 6.08 Å². The van der Waals surface area contributed by atoms with Crippen molar-refractivity contribution in [2.45, 2.75) is 6.92 Å². The summed E-state index contributed by atoms with van der Waals surface area (Å²) in [5.74, 6) is -0.870. The van der Waals surface area contributed by atoms with Crippen molar-refractivity contribution in [3.8, 4) is 11.5 Å². The molecule has 2 aromatic carbocycles. The maximum atomic E-state index is 12.9. The van der Waals surface area contributed by atoms with Gasteiger partial charge in [0.2, 0.25) is 0 Å². The number of carbonyl (C=O) groups excluding carboxylic acids is 2. The molecule has 1 aliphatic rings. The van der Waals surface area contributed by atoms with E-state index in [9.17, 15) is 14.4 Å². The maximum Gasteiger partial charge on any atom is 0.341 e. The van der Waals surface area contributed by atoms with Gasteiger partial charge in [-0.15, -0.1) is 0 Å². The zero-order valence-electron chi connectivity index (χ0n) is 16.1. The minimum absolute atomic E-state index is 0.102. The number of ether oxygens (including phenoxy) is 2. The smallest absolute Gasteiger partial charge is 0.341 e. The van der Waals surface area contributed by atoms with Crippen LogP contribution in [-0.2, 0) is 9.59 Å². The van der Waals surface area contributed by atoms with Gasteiger partial charge >= 0.3 is 5.97 Å². The summed E-state index contributed by atoms with van der Waals surface area (Å²) in [6.45, 7) is 0.967. The number of hydrogen-bond acceptors (Lipinski definition) is 7. The first-order chi connectivity index (χ1) is 14.3. The van der Waals surface area contributed by atoms with Crippen LogP contribution in [0, 0.1) is 0 Å². The van der Waals surface area contributed by atoms with Gasteiger partial charge in [-0.05, 0) is 42.8 Å². The summed E-state index contributed by atoms with van der Waals surface area (Å²) in [7, 11) is 1.44. The third-order valence-corrected chi connectivity index (χ3v) is 5.44. The van der Waals surface area contributed by atoms with Crippen molar-refractivity contribution in [1.82, 2.24) is 0 Å². The van der Waals surface area contributed by atoms with Crippen molar-refractivity contribution in [2.24, 2.45) is 0 Å². The van der Waals surface area contributed by atoms with E-state index >= 15 is 0 Å². The lowest BCUT2D eigenvalue weighted by atomic mass is 10.1. The molecule has 1 fully saturated rings. The number of carbonyl (C=O) groups is 3. The minimum atomic E-state index is -1.10. The molecule has 2 aromatic rings. The lowest BCUT2D eigenvalue weighted by Crippen LogP contribution is -2.27. The van der Waals surface area contributed by atoms with E-state index in [0.717, 1.165) is 11.8 Å². The molecule has 1 saturated heterocycles. The molecule has 154 valence electrons. The van der Waals surface area contributed by atoms with Gasteiger partial charge in [0.25, 0.3) is 5.91 Å². The van der Waals surface area contributed by atoms with E-state index in [1.165, 1.54) is 18.9 Å². The van der Waals surface area contributed by atoms with Crippen molar-refractivity contribution in [2.75, 3.05) is 18.6 Å². The normalized spacial score (nSPS) is 14.9. The standard InChI is InChI=1S/C21H17NO6S2/c1-12(23)14-4-3-5-15(10-14)22-20(26)18(30-21(22)29)9-13-6-7-16(17(8-13)27-2)28-11-19(24)25/h3-10H,11H2,1-2H3,(H,24,25)/b18-9+. The molecule has 30 heavy (non-hydrogen) atoms. The first kappa shape index (κ1) is 21.5. The highest BCUT2D eigenvalue weighted by molar-refractivity contribution is 8.27. The molecule has 0 radical (unpaired) electrons. The molecule has 0 spiro atoms. The Labute approximate surface area is 182 Å². The largest absolute Gasteiger partial charge is 0.493 e. The molecule has 1 aliphatic heterocycles. The predicted octanol–water partition coefficient (Wildman–Crippen LogP) is 3.77. The summed E-state index contributed by atoms with van der Waals surface area (Å²) in [6.07, 6.45) is 1.66. The summed E-state index contributed by atoms with van der Waals surface area (Å²) < 4.78 is 10.8. The molecule has 0 atom stereocenters. The van der Waals surface area contributed by atoms with Crippen molar-refractivity contribution in [1.29, 1.82) is 0 Å². The van der Waals surface area contributed by atoms with Crippen LogP contribution in [0.5, 0.6) is 11.5 Å². The summed E-state index contributed by atoms with van der Waals surface area (Å²) >= 11 is 6.52. The Morgan fingerprint density at radius 2 is 1.97 bits per heavy atom. The highest BCUT2D eigenvalue weighted by Gasteiger charge is 2.33. The Morgan fingerprint density at radius 3 is 2.63 bits per heavy atom. The highest BCUT2D eigenvalue weighted by atomic mass is 32.2. The first-order valence-corrected chi connectivity index (χ1v) is 9.94. The average molecular weight is 444 g/mol. The number of benzene rings is 2. The number of ketones is 1. The van der Waals surface area contributed by atoms with Crippen LogP contribution in [0.4, 0.5) is 5.69 Å². The molecule has 1 amide bonds. The average Bonchev–Trinajstić information content (AvgIpc) is 2.99. The van der Waals surface area contributed by atoms with E-state index < -0.39 is 12.6 Å². The number of carboxylic acid groups (broad SMARTS) is 1. The van der Waals surface area contributed by atoms with Crippen LogP contribution in [0.3, 0.4) is 0 Å². The lowest BCUT2D eigenvalue weighted by molar-refractivity contribution is -0.139. The fraction of sp³-hybridized carbons (Fsp3) is 0.143. The Kier molecular flexibility index (Phi) is 6.53. The van der Waals surface area contributed by atoms with E-state index in [1.807, 2.05) is 0 Å². The Morgan fingerprint density at radius 1 is 1.20 bits per heavy atom. The molecule has 0 aliphatic carbocycles. The molecule has 0 saturated carbocycles. The molecule has 7 nitrogen and oxygen atoms in total. The quantitative estimate of drug-likeness (QED) is 0.393. The van der Waals surface area contributed by atoms with Gasteiger partial charge in [0.1, 0.15) is 0 Å². The van der Waals surface area contributed by atoms with Crippen LogP contribution >= 0.6 is 24.0 Å². The number of nitrogens with zero attached hydrogens (tertiary/aromatic N) is 1. The van der Waals surface area contributed by atoms with Crippen LogP contribution < -0.4 is 14.4 Å². The fourth-order valence-electron chi connectivity index (χ4n) is 2.74. The number of aliphatic carboxylic acids is 1. The van der Waals surface area contributed by atoms with E-state index in [2.05, 4.69) is 0 Å². The number of Topliss-reactive ketones (excluding diaryl/α,β-unsaturated/α-hetero) is 1. The van der Waals surface area contributed by atoms with Crippen molar-refractivity contribution in [3.63, 3.8) is 0 Å². The van der Waals surface area contributed by atoms with Crippen molar-refractivity contribution < 1.29 is 29.0 Å². The lowest BCUT2D eigenvalue weighted by Gasteiger charge is -2.15. The van der Waals surface area contributed by atoms with E-state index in [1.54, 1.807) is 48.5 Å². The van der Waals surface area contributed by atoms with Crippen LogP contribution in [0.1, 0.15) is 22.8 Å². The van der Waals surface area contributed by atoms with Crippen molar-refractivity contribution >= 4 is 57.7 Å².